The second-order valence-electron chi connectivity index (χ2n) is 7.76. The van der Waals surface area contributed by atoms with E-state index in [1.807, 2.05) is 13.0 Å². The van der Waals surface area contributed by atoms with Gasteiger partial charge in [0, 0.05) is 30.9 Å². The fraction of sp³-hybridized carbons (Fsp3) is 0.545. The Morgan fingerprint density at radius 1 is 1.32 bits per heavy atom. The maximum absolute atomic E-state index is 10.9. The topological polar surface area (TPSA) is 38.7 Å². The van der Waals surface area contributed by atoms with Crippen molar-refractivity contribution in [3.8, 4) is 11.5 Å². The standard InChI is InChI=1S/C22H28O3/c1-4-24-22-10-9-17(14(2)3)18(13-22)21-19(23)11-16(12-20(21)25-22)15-7-5-6-8-15/h7,11-12,18,23H,4-6,8-10,13H2,1-3H3. The van der Waals surface area contributed by atoms with E-state index in [0.29, 0.717) is 12.4 Å². The molecule has 2 atom stereocenters. The zero-order valence-corrected chi connectivity index (χ0v) is 15.5. The molecule has 4 rings (SSSR count). The molecule has 2 aliphatic carbocycles. The molecule has 1 aromatic carbocycles. The number of benzene rings is 1. The average molecular weight is 340 g/mol. The van der Waals surface area contributed by atoms with Crippen molar-refractivity contribution in [2.75, 3.05) is 6.61 Å². The van der Waals surface area contributed by atoms with Gasteiger partial charge in [-0.25, -0.2) is 0 Å². The van der Waals surface area contributed by atoms with Crippen molar-refractivity contribution in [3.05, 3.63) is 40.5 Å². The van der Waals surface area contributed by atoms with Crippen molar-refractivity contribution in [3.63, 3.8) is 0 Å². The molecule has 1 N–H and O–H groups in total. The Bertz CT molecular complexity index is 755. The third-order valence-electron chi connectivity index (χ3n) is 5.94. The monoisotopic (exact) mass is 340 g/mol. The van der Waals surface area contributed by atoms with Gasteiger partial charge in [0.15, 0.2) is 0 Å². The molecule has 25 heavy (non-hydrogen) atoms. The van der Waals surface area contributed by atoms with Crippen LogP contribution in [0, 0.1) is 0 Å². The summed E-state index contributed by atoms with van der Waals surface area (Å²) in [6, 6.07) is 4.06. The molecule has 3 aliphatic rings. The third-order valence-corrected chi connectivity index (χ3v) is 5.94. The predicted octanol–water partition coefficient (Wildman–Crippen LogP) is 5.69. The first kappa shape index (κ1) is 16.7. The van der Waals surface area contributed by atoms with Gasteiger partial charge in [-0.1, -0.05) is 17.2 Å². The normalized spacial score (nSPS) is 27.6. The number of ether oxygens (including phenoxy) is 2. The Kier molecular flexibility index (Phi) is 4.15. The van der Waals surface area contributed by atoms with Crippen LogP contribution in [0.2, 0.25) is 0 Å². The Morgan fingerprint density at radius 2 is 2.16 bits per heavy atom. The molecule has 0 spiro atoms. The molecule has 1 fully saturated rings. The molecule has 1 aromatic rings. The Labute approximate surface area is 150 Å². The summed E-state index contributed by atoms with van der Waals surface area (Å²) >= 11 is 0. The van der Waals surface area contributed by atoms with E-state index in [1.165, 1.54) is 23.1 Å². The lowest BCUT2D eigenvalue weighted by molar-refractivity contribution is -0.204. The van der Waals surface area contributed by atoms with Gasteiger partial charge in [-0.2, -0.15) is 0 Å². The molecular weight excluding hydrogens is 312 g/mol. The van der Waals surface area contributed by atoms with E-state index in [-0.39, 0.29) is 5.92 Å². The Balaban J connectivity index is 1.84. The molecule has 0 saturated heterocycles. The summed E-state index contributed by atoms with van der Waals surface area (Å²) in [5.41, 5.74) is 6.16. The lowest BCUT2D eigenvalue weighted by Crippen LogP contribution is -2.47. The number of fused-ring (bicyclic) bond motifs is 4. The highest BCUT2D eigenvalue weighted by Gasteiger charge is 2.48. The first-order valence-corrected chi connectivity index (χ1v) is 9.58. The van der Waals surface area contributed by atoms with E-state index >= 15 is 0 Å². The molecule has 1 saturated carbocycles. The summed E-state index contributed by atoms with van der Waals surface area (Å²) in [4.78, 5) is 0. The van der Waals surface area contributed by atoms with Crippen molar-refractivity contribution < 1.29 is 14.6 Å². The van der Waals surface area contributed by atoms with Crippen LogP contribution in [0.5, 0.6) is 11.5 Å². The van der Waals surface area contributed by atoms with Gasteiger partial charge in [-0.3, -0.25) is 0 Å². The minimum atomic E-state index is -0.541. The molecule has 2 bridgehead atoms. The van der Waals surface area contributed by atoms with Crippen LogP contribution in [0.1, 0.15) is 76.3 Å². The van der Waals surface area contributed by atoms with Crippen LogP contribution in [0.4, 0.5) is 0 Å². The maximum atomic E-state index is 10.9. The number of rotatable bonds is 3. The largest absolute Gasteiger partial charge is 0.507 e. The van der Waals surface area contributed by atoms with E-state index in [4.69, 9.17) is 9.47 Å². The van der Waals surface area contributed by atoms with Crippen LogP contribution >= 0.6 is 0 Å². The first-order valence-electron chi connectivity index (χ1n) is 9.58. The molecule has 2 unspecified atom stereocenters. The smallest absolute Gasteiger partial charge is 0.211 e. The molecule has 3 nitrogen and oxygen atoms in total. The number of allylic oxidation sites excluding steroid dienone is 4. The first-order chi connectivity index (χ1) is 12.0. The zero-order valence-electron chi connectivity index (χ0n) is 15.5. The second kappa shape index (κ2) is 6.21. The highest BCUT2D eigenvalue weighted by Crippen LogP contribution is 2.55. The summed E-state index contributed by atoms with van der Waals surface area (Å²) in [6.45, 7) is 7.01. The lowest BCUT2D eigenvalue weighted by atomic mass is 9.72. The van der Waals surface area contributed by atoms with Gasteiger partial charge < -0.3 is 14.6 Å². The Morgan fingerprint density at radius 3 is 2.84 bits per heavy atom. The van der Waals surface area contributed by atoms with Gasteiger partial charge in [-0.15, -0.1) is 0 Å². The van der Waals surface area contributed by atoms with Crippen molar-refractivity contribution in [1.82, 2.24) is 0 Å². The summed E-state index contributed by atoms with van der Waals surface area (Å²) in [6.07, 6.45) is 8.33. The summed E-state index contributed by atoms with van der Waals surface area (Å²) < 4.78 is 12.5. The summed E-state index contributed by atoms with van der Waals surface area (Å²) in [5, 5.41) is 10.9. The average Bonchev–Trinajstić information content (AvgIpc) is 3.08. The highest BCUT2D eigenvalue weighted by molar-refractivity contribution is 5.71. The molecule has 134 valence electrons. The van der Waals surface area contributed by atoms with Crippen molar-refractivity contribution in [2.24, 2.45) is 0 Å². The number of aromatic hydroxyl groups is 1. The number of phenols is 1. The van der Waals surface area contributed by atoms with Crippen LogP contribution in [0.25, 0.3) is 5.57 Å². The molecule has 0 amide bonds. The van der Waals surface area contributed by atoms with Gasteiger partial charge in [0.05, 0.1) is 0 Å². The fourth-order valence-electron chi connectivity index (χ4n) is 4.79. The molecule has 0 radical (unpaired) electrons. The Hall–Kier alpha value is -1.74. The SMILES string of the molecule is CCOC12CCC(=C(C)C)C(C1)c1c(O)cc(C3=CCCC3)cc1O2. The molecule has 1 heterocycles. The summed E-state index contributed by atoms with van der Waals surface area (Å²) in [5.74, 6) is 0.836. The van der Waals surface area contributed by atoms with Crippen LogP contribution in [0.15, 0.2) is 29.4 Å². The third kappa shape index (κ3) is 2.79. The van der Waals surface area contributed by atoms with E-state index < -0.39 is 5.79 Å². The van der Waals surface area contributed by atoms with Gasteiger partial charge >= 0.3 is 0 Å². The highest BCUT2D eigenvalue weighted by atomic mass is 16.7. The van der Waals surface area contributed by atoms with Crippen molar-refractivity contribution in [1.29, 1.82) is 0 Å². The van der Waals surface area contributed by atoms with Gasteiger partial charge in [-0.05, 0) is 69.7 Å². The van der Waals surface area contributed by atoms with Gasteiger partial charge in [0.25, 0.3) is 0 Å². The van der Waals surface area contributed by atoms with Crippen molar-refractivity contribution >= 4 is 5.57 Å². The maximum Gasteiger partial charge on any atom is 0.211 e. The van der Waals surface area contributed by atoms with E-state index in [0.717, 1.165) is 49.0 Å². The van der Waals surface area contributed by atoms with Crippen LogP contribution < -0.4 is 4.74 Å². The predicted molar refractivity (Wildman–Crippen MR) is 99.9 cm³/mol. The quantitative estimate of drug-likeness (QED) is 0.719. The molecule has 1 aliphatic heterocycles. The zero-order chi connectivity index (χ0) is 17.6. The van der Waals surface area contributed by atoms with E-state index in [1.54, 1.807) is 0 Å². The van der Waals surface area contributed by atoms with E-state index in [9.17, 15) is 5.11 Å². The van der Waals surface area contributed by atoms with Crippen LogP contribution in [0.3, 0.4) is 0 Å². The number of hydrogen-bond acceptors (Lipinski definition) is 3. The summed E-state index contributed by atoms with van der Waals surface area (Å²) in [7, 11) is 0. The van der Waals surface area contributed by atoms with Crippen LogP contribution in [-0.4, -0.2) is 17.5 Å². The van der Waals surface area contributed by atoms with Crippen molar-refractivity contribution in [2.45, 2.75) is 71.0 Å². The number of phenolic OH excluding ortho intramolecular Hbond substituents is 1. The fourth-order valence-corrected chi connectivity index (χ4v) is 4.79. The minimum absolute atomic E-state index is 0.195. The molecule has 3 heteroatoms. The van der Waals surface area contributed by atoms with Gasteiger partial charge in [0.1, 0.15) is 11.5 Å². The minimum Gasteiger partial charge on any atom is -0.507 e. The molecular formula is C22H28O3. The lowest BCUT2D eigenvalue weighted by Gasteiger charge is -2.47. The molecule has 0 aromatic heterocycles. The second-order valence-corrected chi connectivity index (χ2v) is 7.76. The number of hydrogen-bond donors (Lipinski definition) is 1. The van der Waals surface area contributed by atoms with Crippen LogP contribution in [-0.2, 0) is 4.74 Å². The van der Waals surface area contributed by atoms with E-state index in [2.05, 4.69) is 26.0 Å². The van der Waals surface area contributed by atoms with Gasteiger partial charge in [0.2, 0.25) is 5.79 Å².